The van der Waals surface area contributed by atoms with E-state index in [1.54, 1.807) is 18.2 Å². The van der Waals surface area contributed by atoms with E-state index in [9.17, 15) is 19.5 Å². The summed E-state index contributed by atoms with van der Waals surface area (Å²) in [6.07, 6.45) is 2.63. The van der Waals surface area contributed by atoms with Crippen molar-refractivity contribution in [3.63, 3.8) is 0 Å². The molecule has 2 amide bonds. The number of carbonyl (C=O) groups is 3. The number of hydrogen-bond acceptors (Lipinski definition) is 3. The normalized spacial score (nSPS) is 18.1. The number of carboxylic acid groups (broad SMARTS) is 1. The van der Waals surface area contributed by atoms with Gasteiger partial charge in [0.2, 0.25) is 5.91 Å². The van der Waals surface area contributed by atoms with Gasteiger partial charge < -0.3 is 15.3 Å². The molecule has 1 aromatic rings. The quantitative estimate of drug-likeness (QED) is 0.819. The number of carboxylic acids is 1. The summed E-state index contributed by atoms with van der Waals surface area (Å²) in [6, 6.07) is 8.25. The van der Waals surface area contributed by atoms with Crippen LogP contribution in [0.25, 0.3) is 6.08 Å². The first-order chi connectivity index (χ1) is 10.5. The average Bonchev–Trinajstić information content (AvgIpc) is 2.96. The van der Waals surface area contributed by atoms with E-state index in [0.29, 0.717) is 19.4 Å². The zero-order valence-corrected chi connectivity index (χ0v) is 12.3. The van der Waals surface area contributed by atoms with E-state index in [4.69, 9.17) is 0 Å². The van der Waals surface area contributed by atoms with E-state index >= 15 is 0 Å². The summed E-state index contributed by atoms with van der Waals surface area (Å²) in [5, 5.41) is 11.7. The molecule has 1 heterocycles. The monoisotopic (exact) mass is 302 g/mol. The molecule has 1 aliphatic rings. The highest BCUT2D eigenvalue weighted by atomic mass is 16.4. The van der Waals surface area contributed by atoms with E-state index in [2.05, 4.69) is 5.32 Å². The van der Waals surface area contributed by atoms with Crippen LogP contribution < -0.4 is 5.32 Å². The first kappa shape index (κ1) is 15.8. The molecule has 0 saturated carbocycles. The van der Waals surface area contributed by atoms with Crippen molar-refractivity contribution >= 4 is 23.9 Å². The highest BCUT2D eigenvalue weighted by Gasteiger charge is 2.35. The molecule has 2 N–H and O–H groups in total. The SMILES string of the molecule is CC(=O)N/C(=C/c1ccccc1)C(=O)N1CCCC1C(=O)O. The largest absolute Gasteiger partial charge is 0.480 e. The summed E-state index contributed by atoms with van der Waals surface area (Å²) < 4.78 is 0. The Morgan fingerprint density at radius 3 is 2.55 bits per heavy atom. The fourth-order valence-corrected chi connectivity index (χ4v) is 2.48. The van der Waals surface area contributed by atoms with E-state index in [0.717, 1.165) is 5.56 Å². The van der Waals surface area contributed by atoms with Crippen molar-refractivity contribution in [2.75, 3.05) is 6.54 Å². The number of hydrogen-bond donors (Lipinski definition) is 2. The van der Waals surface area contributed by atoms with E-state index in [1.165, 1.54) is 11.8 Å². The molecule has 0 bridgehead atoms. The Morgan fingerprint density at radius 1 is 1.27 bits per heavy atom. The maximum Gasteiger partial charge on any atom is 0.326 e. The molecule has 1 atom stereocenters. The number of aliphatic carboxylic acids is 1. The zero-order valence-electron chi connectivity index (χ0n) is 12.3. The van der Waals surface area contributed by atoms with Crippen LogP contribution in [0.15, 0.2) is 36.0 Å². The second kappa shape index (κ2) is 6.89. The number of carbonyl (C=O) groups excluding carboxylic acids is 2. The summed E-state index contributed by atoms with van der Waals surface area (Å²) in [5.74, 6) is -1.86. The van der Waals surface area contributed by atoms with Crippen LogP contribution >= 0.6 is 0 Å². The van der Waals surface area contributed by atoms with Gasteiger partial charge in [0.15, 0.2) is 0 Å². The lowest BCUT2D eigenvalue weighted by Gasteiger charge is -2.23. The predicted molar refractivity (Wildman–Crippen MR) is 80.6 cm³/mol. The lowest BCUT2D eigenvalue weighted by atomic mass is 10.1. The second-order valence-electron chi connectivity index (χ2n) is 5.14. The zero-order chi connectivity index (χ0) is 16.1. The third-order valence-corrected chi connectivity index (χ3v) is 3.45. The van der Waals surface area contributed by atoms with Gasteiger partial charge in [-0.05, 0) is 24.5 Å². The minimum absolute atomic E-state index is 0.0897. The van der Waals surface area contributed by atoms with Crippen molar-refractivity contribution in [3.05, 3.63) is 41.6 Å². The smallest absolute Gasteiger partial charge is 0.326 e. The van der Waals surface area contributed by atoms with Gasteiger partial charge in [0.25, 0.3) is 5.91 Å². The third-order valence-electron chi connectivity index (χ3n) is 3.45. The summed E-state index contributed by atoms with van der Waals surface area (Å²) >= 11 is 0. The van der Waals surface area contributed by atoms with Crippen LogP contribution in [0, 0.1) is 0 Å². The molecule has 1 fully saturated rings. The molecule has 1 unspecified atom stereocenters. The topological polar surface area (TPSA) is 86.7 Å². The third kappa shape index (κ3) is 3.72. The summed E-state index contributed by atoms with van der Waals surface area (Å²) in [6.45, 7) is 1.69. The highest BCUT2D eigenvalue weighted by Crippen LogP contribution is 2.20. The van der Waals surface area contributed by atoms with Gasteiger partial charge in [-0.15, -0.1) is 0 Å². The van der Waals surface area contributed by atoms with Crippen molar-refractivity contribution in [2.45, 2.75) is 25.8 Å². The molecule has 0 spiro atoms. The predicted octanol–water partition coefficient (Wildman–Crippen LogP) is 1.24. The Labute approximate surface area is 128 Å². The second-order valence-corrected chi connectivity index (χ2v) is 5.14. The summed E-state index contributed by atoms with van der Waals surface area (Å²) in [4.78, 5) is 36.4. The Kier molecular flexibility index (Phi) is 4.93. The minimum atomic E-state index is -1.02. The Morgan fingerprint density at radius 2 is 1.95 bits per heavy atom. The van der Waals surface area contributed by atoms with Gasteiger partial charge in [-0.1, -0.05) is 30.3 Å². The van der Waals surface area contributed by atoms with E-state index < -0.39 is 17.9 Å². The van der Waals surface area contributed by atoms with Gasteiger partial charge in [0, 0.05) is 13.5 Å². The Hall–Kier alpha value is -2.63. The van der Waals surface area contributed by atoms with Gasteiger partial charge in [0.1, 0.15) is 11.7 Å². The molecule has 116 valence electrons. The molecule has 1 aliphatic heterocycles. The van der Waals surface area contributed by atoms with Crippen LogP contribution in [0.4, 0.5) is 0 Å². The van der Waals surface area contributed by atoms with E-state index in [-0.39, 0.29) is 11.6 Å². The lowest BCUT2D eigenvalue weighted by Crippen LogP contribution is -2.44. The molecular formula is C16H18N2O4. The van der Waals surface area contributed by atoms with Gasteiger partial charge in [-0.25, -0.2) is 4.79 Å². The fraction of sp³-hybridized carbons (Fsp3) is 0.312. The molecule has 1 aromatic carbocycles. The van der Waals surface area contributed by atoms with Crippen molar-refractivity contribution < 1.29 is 19.5 Å². The van der Waals surface area contributed by atoms with Crippen molar-refractivity contribution in [3.8, 4) is 0 Å². The number of rotatable bonds is 4. The first-order valence-corrected chi connectivity index (χ1v) is 7.07. The summed E-state index contributed by atoms with van der Waals surface area (Å²) in [7, 11) is 0. The number of benzene rings is 1. The van der Waals surface area contributed by atoms with Gasteiger partial charge in [-0.2, -0.15) is 0 Å². The average molecular weight is 302 g/mol. The van der Waals surface area contributed by atoms with Crippen LogP contribution in [0.2, 0.25) is 0 Å². The Bertz CT molecular complexity index is 610. The van der Waals surface area contributed by atoms with Crippen LogP contribution in [0.3, 0.4) is 0 Å². The summed E-state index contributed by atoms with van der Waals surface area (Å²) in [5.41, 5.74) is 0.845. The number of nitrogens with zero attached hydrogens (tertiary/aromatic N) is 1. The van der Waals surface area contributed by atoms with Gasteiger partial charge >= 0.3 is 5.97 Å². The van der Waals surface area contributed by atoms with Crippen LogP contribution in [-0.2, 0) is 14.4 Å². The van der Waals surface area contributed by atoms with Crippen LogP contribution in [0.5, 0.6) is 0 Å². The Balaban J connectivity index is 2.29. The molecule has 2 rings (SSSR count). The maximum absolute atomic E-state index is 12.6. The van der Waals surface area contributed by atoms with Gasteiger partial charge in [0.05, 0.1) is 0 Å². The number of nitrogens with one attached hydrogen (secondary N) is 1. The fourth-order valence-electron chi connectivity index (χ4n) is 2.48. The lowest BCUT2D eigenvalue weighted by molar-refractivity contribution is -0.147. The molecule has 0 radical (unpaired) electrons. The molecule has 6 nitrogen and oxygen atoms in total. The van der Waals surface area contributed by atoms with Crippen LogP contribution in [-0.4, -0.2) is 40.4 Å². The molecule has 22 heavy (non-hydrogen) atoms. The van der Waals surface area contributed by atoms with E-state index in [1.807, 2.05) is 18.2 Å². The molecule has 0 aromatic heterocycles. The molecule has 6 heteroatoms. The van der Waals surface area contributed by atoms with Crippen molar-refractivity contribution in [2.24, 2.45) is 0 Å². The van der Waals surface area contributed by atoms with Gasteiger partial charge in [-0.3, -0.25) is 9.59 Å². The number of likely N-dealkylation sites (tertiary alicyclic amines) is 1. The molecular weight excluding hydrogens is 284 g/mol. The molecule has 0 aliphatic carbocycles. The standard InChI is InChI=1S/C16H18N2O4/c1-11(19)17-13(10-12-6-3-2-4-7-12)15(20)18-9-5-8-14(18)16(21)22/h2-4,6-7,10,14H,5,8-9H2,1H3,(H,17,19)(H,21,22)/b13-10+. The first-order valence-electron chi connectivity index (χ1n) is 7.07. The minimum Gasteiger partial charge on any atom is -0.480 e. The van der Waals surface area contributed by atoms with Crippen molar-refractivity contribution in [1.82, 2.24) is 10.2 Å². The highest BCUT2D eigenvalue weighted by molar-refractivity contribution is 6.02. The van der Waals surface area contributed by atoms with Crippen LogP contribution in [0.1, 0.15) is 25.3 Å². The maximum atomic E-state index is 12.6. The molecule has 1 saturated heterocycles. The van der Waals surface area contributed by atoms with Crippen molar-refractivity contribution in [1.29, 1.82) is 0 Å². The number of amides is 2.